The normalized spacial score (nSPS) is 10.3. The summed E-state index contributed by atoms with van der Waals surface area (Å²) in [6.07, 6.45) is 0. The SMILES string of the molecule is COC(=O)c1cc(F)ccc1NCc1ccc(Cl)s1. The molecule has 0 atom stereocenters. The third-order valence-electron chi connectivity index (χ3n) is 2.47. The van der Waals surface area contributed by atoms with E-state index in [9.17, 15) is 9.18 Å². The minimum Gasteiger partial charge on any atom is -0.465 e. The van der Waals surface area contributed by atoms with Gasteiger partial charge in [0.15, 0.2) is 0 Å². The number of benzene rings is 1. The molecule has 0 saturated carbocycles. The van der Waals surface area contributed by atoms with Gasteiger partial charge in [0, 0.05) is 17.1 Å². The van der Waals surface area contributed by atoms with Gasteiger partial charge in [0.2, 0.25) is 0 Å². The highest BCUT2D eigenvalue weighted by atomic mass is 35.5. The Morgan fingerprint density at radius 1 is 1.42 bits per heavy atom. The fraction of sp³-hybridized carbons (Fsp3) is 0.154. The largest absolute Gasteiger partial charge is 0.465 e. The van der Waals surface area contributed by atoms with Crippen LogP contribution in [0, 0.1) is 5.82 Å². The smallest absolute Gasteiger partial charge is 0.340 e. The van der Waals surface area contributed by atoms with Gasteiger partial charge in [-0.3, -0.25) is 0 Å². The molecule has 19 heavy (non-hydrogen) atoms. The number of carbonyl (C=O) groups is 1. The Morgan fingerprint density at radius 2 is 2.21 bits per heavy atom. The van der Waals surface area contributed by atoms with Crippen LogP contribution in [-0.2, 0) is 11.3 Å². The molecule has 6 heteroatoms. The number of methoxy groups -OCH3 is 1. The number of anilines is 1. The van der Waals surface area contributed by atoms with Crippen molar-refractivity contribution >= 4 is 34.6 Å². The van der Waals surface area contributed by atoms with Gasteiger partial charge < -0.3 is 10.1 Å². The summed E-state index contributed by atoms with van der Waals surface area (Å²) in [5.74, 6) is -1.06. The second-order valence-electron chi connectivity index (χ2n) is 3.74. The Morgan fingerprint density at radius 3 is 2.84 bits per heavy atom. The lowest BCUT2D eigenvalue weighted by atomic mass is 10.1. The van der Waals surface area contributed by atoms with Crippen LogP contribution >= 0.6 is 22.9 Å². The second kappa shape index (κ2) is 6.04. The van der Waals surface area contributed by atoms with Crippen LogP contribution in [-0.4, -0.2) is 13.1 Å². The lowest BCUT2D eigenvalue weighted by molar-refractivity contribution is 0.0601. The summed E-state index contributed by atoms with van der Waals surface area (Å²) in [5.41, 5.74) is 0.697. The molecule has 1 N–H and O–H groups in total. The maximum atomic E-state index is 13.2. The highest BCUT2D eigenvalue weighted by Crippen LogP contribution is 2.24. The van der Waals surface area contributed by atoms with Crippen molar-refractivity contribution in [2.75, 3.05) is 12.4 Å². The maximum Gasteiger partial charge on any atom is 0.340 e. The van der Waals surface area contributed by atoms with Gasteiger partial charge in [0.05, 0.1) is 17.0 Å². The Kier molecular flexibility index (Phi) is 4.39. The third-order valence-corrected chi connectivity index (χ3v) is 3.70. The minimum absolute atomic E-state index is 0.171. The molecule has 0 amide bonds. The molecule has 0 fully saturated rings. The molecule has 0 spiro atoms. The summed E-state index contributed by atoms with van der Waals surface area (Å²) >= 11 is 7.28. The van der Waals surface area contributed by atoms with Gasteiger partial charge >= 0.3 is 5.97 Å². The van der Waals surface area contributed by atoms with E-state index in [1.807, 2.05) is 6.07 Å². The first-order chi connectivity index (χ1) is 9.10. The molecule has 1 aromatic carbocycles. The van der Waals surface area contributed by atoms with Crippen molar-refractivity contribution in [3.63, 3.8) is 0 Å². The Hall–Kier alpha value is -1.59. The number of thiophene rings is 1. The average molecular weight is 300 g/mol. The van der Waals surface area contributed by atoms with E-state index in [1.165, 1.54) is 30.6 Å². The van der Waals surface area contributed by atoms with Crippen molar-refractivity contribution < 1.29 is 13.9 Å². The number of rotatable bonds is 4. The predicted octanol–water partition coefficient (Wildman–Crippen LogP) is 3.94. The zero-order valence-electron chi connectivity index (χ0n) is 10.1. The number of nitrogens with one attached hydrogen (secondary N) is 1. The molecule has 3 nitrogen and oxygen atoms in total. The molecular weight excluding hydrogens is 289 g/mol. The summed E-state index contributed by atoms with van der Waals surface area (Å²) < 4.78 is 18.5. The monoisotopic (exact) mass is 299 g/mol. The molecule has 0 radical (unpaired) electrons. The van der Waals surface area contributed by atoms with E-state index in [0.29, 0.717) is 16.6 Å². The highest BCUT2D eigenvalue weighted by Gasteiger charge is 2.13. The van der Waals surface area contributed by atoms with Crippen LogP contribution < -0.4 is 5.32 Å². The number of esters is 1. The number of hydrogen-bond donors (Lipinski definition) is 1. The van der Waals surface area contributed by atoms with Crippen molar-refractivity contribution in [1.29, 1.82) is 0 Å². The molecule has 1 heterocycles. The standard InChI is InChI=1S/C13H11ClFNO2S/c1-18-13(17)10-6-8(15)2-4-11(10)16-7-9-3-5-12(14)19-9/h2-6,16H,7H2,1H3. The van der Waals surface area contributed by atoms with Crippen molar-refractivity contribution in [2.24, 2.45) is 0 Å². The van der Waals surface area contributed by atoms with Crippen LogP contribution in [0.5, 0.6) is 0 Å². The first kappa shape index (κ1) is 13.8. The van der Waals surface area contributed by atoms with E-state index >= 15 is 0 Å². The van der Waals surface area contributed by atoms with Crippen molar-refractivity contribution in [3.8, 4) is 0 Å². The summed E-state index contributed by atoms with van der Waals surface area (Å²) in [7, 11) is 1.26. The Bertz CT molecular complexity index is 600. The lowest BCUT2D eigenvalue weighted by Gasteiger charge is -2.10. The van der Waals surface area contributed by atoms with Gasteiger partial charge in [-0.25, -0.2) is 9.18 Å². The molecule has 0 saturated heterocycles. The van der Waals surface area contributed by atoms with Crippen molar-refractivity contribution in [1.82, 2.24) is 0 Å². The first-order valence-electron chi connectivity index (χ1n) is 5.46. The lowest BCUT2D eigenvalue weighted by Crippen LogP contribution is -2.08. The second-order valence-corrected chi connectivity index (χ2v) is 5.54. The fourth-order valence-electron chi connectivity index (χ4n) is 1.58. The summed E-state index contributed by atoms with van der Waals surface area (Å²) in [5, 5.41) is 3.07. The quantitative estimate of drug-likeness (QED) is 0.869. The summed E-state index contributed by atoms with van der Waals surface area (Å²) in [6.45, 7) is 0.507. The van der Waals surface area contributed by atoms with E-state index in [2.05, 4.69) is 10.1 Å². The Labute approximate surface area is 119 Å². The predicted molar refractivity (Wildman–Crippen MR) is 74.4 cm³/mol. The van der Waals surface area contributed by atoms with Crippen LogP contribution in [0.25, 0.3) is 0 Å². The van der Waals surface area contributed by atoms with Crippen molar-refractivity contribution in [3.05, 3.63) is 50.9 Å². The molecule has 2 aromatic rings. The van der Waals surface area contributed by atoms with Gasteiger partial charge in [-0.15, -0.1) is 11.3 Å². The number of hydrogen-bond acceptors (Lipinski definition) is 4. The van der Waals surface area contributed by atoms with Crippen LogP contribution in [0.15, 0.2) is 30.3 Å². The Balaban J connectivity index is 2.17. The van der Waals surface area contributed by atoms with Gasteiger partial charge in [0.25, 0.3) is 0 Å². The van der Waals surface area contributed by atoms with E-state index in [4.69, 9.17) is 11.6 Å². The molecule has 2 rings (SSSR count). The van der Waals surface area contributed by atoms with E-state index in [-0.39, 0.29) is 5.56 Å². The molecule has 0 bridgehead atoms. The van der Waals surface area contributed by atoms with Gasteiger partial charge in [0.1, 0.15) is 5.82 Å². The first-order valence-corrected chi connectivity index (χ1v) is 6.65. The molecule has 1 aromatic heterocycles. The third kappa shape index (κ3) is 3.45. The topological polar surface area (TPSA) is 38.3 Å². The van der Waals surface area contributed by atoms with Crippen LogP contribution in [0.3, 0.4) is 0 Å². The fourth-order valence-corrected chi connectivity index (χ4v) is 2.61. The van der Waals surface area contributed by atoms with Gasteiger partial charge in [-0.1, -0.05) is 11.6 Å². The summed E-state index contributed by atoms with van der Waals surface area (Å²) in [6, 6.07) is 7.64. The van der Waals surface area contributed by atoms with Crippen molar-refractivity contribution in [2.45, 2.75) is 6.54 Å². The minimum atomic E-state index is -0.578. The average Bonchev–Trinajstić information content (AvgIpc) is 2.82. The summed E-state index contributed by atoms with van der Waals surface area (Å²) in [4.78, 5) is 12.6. The van der Waals surface area contributed by atoms with Gasteiger partial charge in [-0.2, -0.15) is 0 Å². The molecular formula is C13H11ClFNO2S. The van der Waals surface area contributed by atoms with Crippen LogP contribution in [0.1, 0.15) is 15.2 Å². The number of ether oxygens (including phenoxy) is 1. The van der Waals surface area contributed by atoms with E-state index in [1.54, 1.807) is 6.07 Å². The molecule has 0 unspecified atom stereocenters. The number of halogens is 2. The highest BCUT2D eigenvalue weighted by molar-refractivity contribution is 7.16. The molecule has 0 aliphatic heterocycles. The van der Waals surface area contributed by atoms with Crippen LogP contribution in [0.2, 0.25) is 4.34 Å². The van der Waals surface area contributed by atoms with E-state index < -0.39 is 11.8 Å². The molecule has 0 aliphatic carbocycles. The zero-order chi connectivity index (χ0) is 13.8. The maximum absolute atomic E-state index is 13.2. The number of carbonyl (C=O) groups excluding carboxylic acids is 1. The molecule has 0 aliphatic rings. The van der Waals surface area contributed by atoms with Crippen LogP contribution in [0.4, 0.5) is 10.1 Å². The van der Waals surface area contributed by atoms with E-state index in [0.717, 1.165) is 10.9 Å². The molecule has 100 valence electrons. The zero-order valence-corrected chi connectivity index (χ0v) is 11.6. The van der Waals surface area contributed by atoms with Gasteiger partial charge in [-0.05, 0) is 30.3 Å².